The van der Waals surface area contributed by atoms with Gasteiger partial charge in [0.1, 0.15) is 11.5 Å². The Bertz CT molecular complexity index is 866. The molecule has 0 spiro atoms. The van der Waals surface area contributed by atoms with Gasteiger partial charge in [0.15, 0.2) is 0 Å². The quantitative estimate of drug-likeness (QED) is 0.567. The minimum Gasteiger partial charge on any atom is -0.507 e. The summed E-state index contributed by atoms with van der Waals surface area (Å²) in [5.41, 5.74) is 2.51. The van der Waals surface area contributed by atoms with Gasteiger partial charge in [-0.3, -0.25) is 0 Å². The van der Waals surface area contributed by atoms with E-state index in [9.17, 15) is 18.6 Å². The molecule has 2 rings (SSSR count). The smallest absolute Gasteiger partial charge is 0.206 e. The molecule has 2 aromatic carbocycles. The van der Waals surface area contributed by atoms with E-state index in [0.29, 0.717) is 22.3 Å². The summed E-state index contributed by atoms with van der Waals surface area (Å²) in [5.74, 6) is 0.287. The Hall–Kier alpha value is -2.01. The van der Waals surface area contributed by atoms with Gasteiger partial charge in [0.2, 0.25) is 9.84 Å². The lowest BCUT2D eigenvalue weighted by Gasteiger charge is -2.20. The molecule has 0 fully saturated rings. The monoisotopic (exact) mass is 418 g/mol. The molecule has 0 unspecified atom stereocenters. The topological polar surface area (TPSA) is 74.6 Å². The number of benzene rings is 2. The first-order valence-corrected chi connectivity index (χ1v) is 11.8. The SMILES string of the molecule is CC(C)c1cc(S(=O)(=O)c2cc(C(C)C)c(O)c(C(C)C)c2)cc(C(C)C)c1O. The molecule has 0 atom stereocenters. The van der Waals surface area contributed by atoms with Crippen molar-refractivity contribution in [1.82, 2.24) is 0 Å². The van der Waals surface area contributed by atoms with Crippen LogP contribution >= 0.6 is 0 Å². The first-order chi connectivity index (χ1) is 13.3. The van der Waals surface area contributed by atoms with Crippen molar-refractivity contribution in [3.63, 3.8) is 0 Å². The Kier molecular flexibility index (Phi) is 6.73. The van der Waals surface area contributed by atoms with E-state index in [1.54, 1.807) is 24.3 Å². The van der Waals surface area contributed by atoms with Crippen LogP contribution < -0.4 is 0 Å². The maximum atomic E-state index is 13.6. The van der Waals surface area contributed by atoms with E-state index < -0.39 is 9.84 Å². The van der Waals surface area contributed by atoms with Crippen LogP contribution in [0, 0.1) is 0 Å². The molecule has 0 saturated carbocycles. The van der Waals surface area contributed by atoms with Gasteiger partial charge >= 0.3 is 0 Å². The maximum Gasteiger partial charge on any atom is 0.206 e. The highest BCUT2D eigenvalue weighted by molar-refractivity contribution is 7.91. The zero-order valence-corrected chi connectivity index (χ0v) is 19.6. The Morgan fingerprint density at radius 1 is 0.552 bits per heavy atom. The zero-order chi connectivity index (χ0) is 22.3. The van der Waals surface area contributed by atoms with Gasteiger partial charge < -0.3 is 10.2 Å². The first kappa shape index (κ1) is 23.3. The molecule has 0 bridgehead atoms. The van der Waals surface area contributed by atoms with Crippen molar-refractivity contribution in [3.8, 4) is 11.5 Å². The predicted octanol–water partition coefficient (Wildman–Crippen LogP) is 6.42. The second-order valence-corrected chi connectivity index (χ2v) is 11.0. The van der Waals surface area contributed by atoms with Crippen LogP contribution in [0.25, 0.3) is 0 Å². The van der Waals surface area contributed by atoms with Crippen LogP contribution in [-0.2, 0) is 9.84 Å². The molecule has 0 aliphatic rings. The van der Waals surface area contributed by atoms with Crippen molar-refractivity contribution in [1.29, 1.82) is 0 Å². The van der Waals surface area contributed by atoms with E-state index in [1.807, 2.05) is 55.4 Å². The average molecular weight is 419 g/mol. The highest BCUT2D eigenvalue weighted by atomic mass is 32.2. The number of rotatable bonds is 6. The summed E-state index contributed by atoms with van der Waals surface area (Å²) >= 11 is 0. The number of hydrogen-bond donors (Lipinski definition) is 2. The summed E-state index contributed by atoms with van der Waals surface area (Å²) in [6.07, 6.45) is 0. The van der Waals surface area contributed by atoms with Crippen LogP contribution in [0.3, 0.4) is 0 Å². The molecular weight excluding hydrogens is 384 g/mol. The predicted molar refractivity (Wildman–Crippen MR) is 118 cm³/mol. The third kappa shape index (κ3) is 4.45. The number of hydrogen-bond acceptors (Lipinski definition) is 4. The van der Waals surface area contributed by atoms with E-state index in [2.05, 4.69) is 0 Å². The molecule has 0 saturated heterocycles. The summed E-state index contributed by atoms with van der Waals surface area (Å²) in [4.78, 5) is 0.357. The van der Waals surface area contributed by atoms with Crippen LogP contribution in [0.2, 0.25) is 0 Å². The summed E-state index contributed by atoms with van der Waals surface area (Å²) in [5, 5.41) is 21.3. The highest BCUT2D eigenvalue weighted by Gasteiger charge is 2.26. The van der Waals surface area contributed by atoms with Gasteiger partial charge in [0.25, 0.3) is 0 Å². The zero-order valence-electron chi connectivity index (χ0n) is 18.7. The van der Waals surface area contributed by atoms with Crippen molar-refractivity contribution in [2.45, 2.75) is 88.9 Å². The minimum atomic E-state index is -3.82. The van der Waals surface area contributed by atoms with Crippen molar-refractivity contribution in [2.24, 2.45) is 0 Å². The Morgan fingerprint density at radius 3 is 0.931 bits per heavy atom. The van der Waals surface area contributed by atoms with Crippen LogP contribution in [0.1, 0.15) is 101 Å². The summed E-state index contributed by atoms with van der Waals surface area (Å²) < 4.78 is 27.2. The van der Waals surface area contributed by atoms with Crippen LogP contribution in [-0.4, -0.2) is 18.6 Å². The van der Waals surface area contributed by atoms with Gasteiger partial charge in [-0.25, -0.2) is 8.42 Å². The van der Waals surface area contributed by atoms with Gasteiger partial charge in [-0.05, 0) is 70.2 Å². The van der Waals surface area contributed by atoms with Gasteiger partial charge in [-0.1, -0.05) is 55.4 Å². The molecular formula is C24H34O4S. The van der Waals surface area contributed by atoms with Crippen molar-refractivity contribution in [2.75, 3.05) is 0 Å². The van der Waals surface area contributed by atoms with Crippen molar-refractivity contribution < 1.29 is 18.6 Å². The lowest BCUT2D eigenvalue weighted by molar-refractivity contribution is 0.453. The summed E-state index contributed by atoms with van der Waals surface area (Å²) in [6, 6.07) is 6.33. The third-order valence-corrected chi connectivity index (χ3v) is 7.11. The van der Waals surface area contributed by atoms with Gasteiger partial charge in [-0.2, -0.15) is 0 Å². The average Bonchev–Trinajstić information content (AvgIpc) is 2.60. The van der Waals surface area contributed by atoms with Crippen LogP contribution in [0.15, 0.2) is 34.1 Å². The highest BCUT2D eigenvalue weighted by Crippen LogP contribution is 2.40. The molecule has 29 heavy (non-hydrogen) atoms. The van der Waals surface area contributed by atoms with Crippen molar-refractivity contribution in [3.05, 3.63) is 46.5 Å². The molecule has 5 heteroatoms. The second kappa shape index (κ2) is 8.39. The minimum absolute atomic E-state index is 0.0140. The normalized spacial score (nSPS) is 12.6. The van der Waals surface area contributed by atoms with Crippen molar-refractivity contribution >= 4 is 9.84 Å². The standard InChI is InChI=1S/C24H34O4S/c1-13(2)19-9-17(10-20(14(3)4)23(19)25)29(27,28)18-11-21(15(5)6)24(26)22(12-18)16(7)8/h9-16,25-26H,1-8H3. The fraction of sp³-hybridized carbons (Fsp3) is 0.500. The Morgan fingerprint density at radius 2 is 0.759 bits per heavy atom. The fourth-order valence-corrected chi connectivity index (χ4v) is 4.91. The van der Waals surface area contributed by atoms with E-state index in [4.69, 9.17) is 0 Å². The lowest BCUT2D eigenvalue weighted by Crippen LogP contribution is -2.08. The number of phenols is 2. The van der Waals surface area contributed by atoms with Gasteiger partial charge in [0, 0.05) is 0 Å². The molecule has 0 radical (unpaired) electrons. The largest absolute Gasteiger partial charge is 0.507 e. The van der Waals surface area contributed by atoms with Gasteiger partial charge in [-0.15, -0.1) is 0 Å². The van der Waals surface area contributed by atoms with E-state index >= 15 is 0 Å². The molecule has 0 aliphatic carbocycles. The fourth-order valence-electron chi connectivity index (χ4n) is 3.51. The maximum absolute atomic E-state index is 13.6. The number of sulfone groups is 1. The molecule has 0 amide bonds. The van der Waals surface area contributed by atoms with Crippen LogP contribution in [0.4, 0.5) is 0 Å². The van der Waals surface area contributed by atoms with Crippen LogP contribution in [0.5, 0.6) is 11.5 Å². The number of phenolic OH excluding ortho intramolecular Hbond substituents is 2. The molecule has 0 aliphatic heterocycles. The molecule has 2 aromatic rings. The summed E-state index contributed by atoms with van der Waals surface area (Å²) in [7, 11) is -3.82. The van der Waals surface area contributed by atoms with E-state index in [-0.39, 0.29) is 45.0 Å². The number of aromatic hydroxyl groups is 2. The molecule has 160 valence electrons. The van der Waals surface area contributed by atoms with Gasteiger partial charge in [0.05, 0.1) is 9.79 Å². The molecule has 0 heterocycles. The second-order valence-electron chi connectivity index (χ2n) is 9.02. The van der Waals surface area contributed by atoms with E-state index in [1.165, 1.54) is 0 Å². The molecule has 2 N–H and O–H groups in total. The lowest BCUT2D eigenvalue weighted by atomic mass is 9.94. The Balaban J connectivity index is 2.83. The first-order valence-electron chi connectivity index (χ1n) is 10.3. The molecule has 0 aromatic heterocycles. The Labute approximate surface area is 175 Å². The third-order valence-electron chi connectivity index (χ3n) is 5.39. The summed E-state index contributed by atoms with van der Waals surface area (Å²) in [6.45, 7) is 15.5. The van der Waals surface area contributed by atoms with E-state index in [0.717, 1.165) is 0 Å². The molecule has 4 nitrogen and oxygen atoms in total.